The Morgan fingerprint density at radius 1 is 0.645 bits per heavy atom. The third-order valence-electron chi connectivity index (χ3n) is 5.19. The Morgan fingerprint density at radius 2 is 1.13 bits per heavy atom. The number of nitrogens with zero attached hydrogens (tertiary/aromatic N) is 2. The van der Waals surface area contributed by atoms with E-state index in [1.165, 1.54) is 38.5 Å². The molecule has 0 unspecified atom stereocenters. The van der Waals surface area contributed by atoms with E-state index in [1.54, 1.807) is 9.80 Å². The number of amides is 1. The Balaban J connectivity index is 0. The molecule has 0 saturated heterocycles. The zero-order valence-corrected chi connectivity index (χ0v) is 18.7. The van der Waals surface area contributed by atoms with Gasteiger partial charge in [-0.05, 0) is 6.42 Å². The van der Waals surface area contributed by atoms with E-state index in [2.05, 4.69) is 6.92 Å². The first kappa shape index (κ1) is 32.5. The fraction of sp³-hybridized carbons (Fsp3) is 0.864. The van der Waals surface area contributed by atoms with Gasteiger partial charge in [-0.25, -0.2) is 0 Å². The van der Waals surface area contributed by atoms with E-state index < -0.39 is 11.9 Å². The molecule has 0 fully saturated rings. The number of hydrogen-bond donors (Lipinski definition) is 3. The SMILES string of the molecule is CCCCCCCCCCCC(=O)N(CCO)CCN(CCC(=O)O)CCC(=O)O.[NaH]. The van der Waals surface area contributed by atoms with Gasteiger partial charge < -0.3 is 25.1 Å². The van der Waals surface area contributed by atoms with Crippen LogP contribution in [0.2, 0.25) is 0 Å². The van der Waals surface area contributed by atoms with Crippen LogP contribution in [0, 0.1) is 0 Å². The number of aliphatic hydroxyl groups is 1. The van der Waals surface area contributed by atoms with Crippen molar-refractivity contribution < 1.29 is 29.7 Å². The first-order valence-corrected chi connectivity index (χ1v) is 11.4. The number of carboxylic acid groups (broad SMARTS) is 2. The minimum absolute atomic E-state index is 0. The maximum atomic E-state index is 12.5. The molecule has 31 heavy (non-hydrogen) atoms. The topological polar surface area (TPSA) is 118 Å². The normalized spacial score (nSPS) is 10.7. The summed E-state index contributed by atoms with van der Waals surface area (Å²) in [6, 6.07) is 0. The van der Waals surface area contributed by atoms with E-state index >= 15 is 0 Å². The second-order valence-corrected chi connectivity index (χ2v) is 7.81. The fourth-order valence-corrected chi connectivity index (χ4v) is 3.33. The molecule has 0 heterocycles. The predicted octanol–water partition coefficient (Wildman–Crippen LogP) is 2.33. The number of carbonyl (C=O) groups excluding carboxylic acids is 1. The second-order valence-electron chi connectivity index (χ2n) is 7.81. The molecule has 178 valence electrons. The fourth-order valence-electron chi connectivity index (χ4n) is 3.33. The second kappa shape index (κ2) is 22.5. The third kappa shape index (κ3) is 21.0. The van der Waals surface area contributed by atoms with Gasteiger partial charge in [-0.1, -0.05) is 58.3 Å². The van der Waals surface area contributed by atoms with Crippen LogP contribution in [0.15, 0.2) is 0 Å². The molecular formula is C22H43N2NaO6. The molecule has 0 radical (unpaired) electrons. The molecular weight excluding hydrogens is 411 g/mol. The Kier molecular flexibility index (Phi) is 23.6. The summed E-state index contributed by atoms with van der Waals surface area (Å²) in [5.41, 5.74) is 0. The summed E-state index contributed by atoms with van der Waals surface area (Å²) in [7, 11) is 0. The van der Waals surface area contributed by atoms with Crippen LogP contribution < -0.4 is 0 Å². The number of aliphatic hydroxyl groups excluding tert-OH is 1. The van der Waals surface area contributed by atoms with Crippen LogP contribution in [0.3, 0.4) is 0 Å². The van der Waals surface area contributed by atoms with Crippen LogP contribution in [0.1, 0.15) is 84.0 Å². The molecule has 0 aromatic carbocycles. The van der Waals surface area contributed by atoms with E-state index in [4.69, 9.17) is 10.2 Å². The molecule has 3 N–H and O–H groups in total. The summed E-state index contributed by atoms with van der Waals surface area (Å²) >= 11 is 0. The van der Waals surface area contributed by atoms with Gasteiger partial charge in [0.25, 0.3) is 0 Å². The van der Waals surface area contributed by atoms with Crippen molar-refractivity contribution in [1.82, 2.24) is 9.80 Å². The van der Waals surface area contributed by atoms with Crippen molar-refractivity contribution in [2.24, 2.45) is 0 Å². The summed E-state index contributed by atoms with van der Waals surface area (Å²) in [6.07, 6.45) is 10.9. The molecule has 0 spiro atoms. The van der Waals surface area contributed by atoms with Crippen LogP contribution in [0.5, 0.6) is 0 Å². The van der Waals surface area contributed by atoms with Gasteiger partial charge in [0.2, 0.25) is 5.91 Å². The van der Waals surface area contributed by atoms with E-state index in [9.17, 15) is 19.5 Å². The van der Waals surface area contributed by atoms with E-state index in [0.29, 0.717) is 19.5 Å². The van der Waals surface area contributed by atoms with Crippen molar-refractivity contribution in [2.45, 2.75) is 84.0 Å². The number of unbranched alkanes of at least 4 members (excludes halogenated alkanes) is 8. The molecule has 9 heteroatoms. The molecule has 1 amide bonds. The van der Waals surface area contributed by atoms with E-state index in [0.717, 1.165) is 19.3 Å². The van der Waals surface area contributed by atoms with Crippen molar-refractivity contribution in [2.75, 3.05) is 39.3 Å². The molecule has 0 atom stereocenters. The summed E-state index contributed by atoms with van der Waals surface area (Å²) in [6.45, 7) is 3.54. The Labute approximate surface area is 209 Å². The summed E-state index contributed by atoms with van der Waals surface area (Å²) in [5.74, 6) is -1.89. The quantitative estimate of drug-likeness (QED) is 0.180. The average Bonchev–Trinajstić information content (AvgIpc) is 2.70. The zero-order valence-electron chi connectivity index (χ0n) is 18.7. The average molecular weight is 455 g/mol. The number of rotatable bonds is 21. The van der Waals surface area contributed by atoms with Crippen molar-refractivity contribution in [3.63, 3.8) is 0 Å². The van der Waals surface area contributed by atoms with Gasteiger partial charge in [0.15, 0.2) is 0 Å². The molecule has 0 aromatic heterocycles. The van der Waals surface area contributed by atoms with Gasteiger partial charge in [0.1, 0.15) is 0 Å². The van der Waals surface area contributed by atoms with Gasteiger partial charge in [-0.15, -0.1) is 0 Å². The summed E-state index contributed by atoms with van der Waals surface area (Å²) < 4.78 is 0. The van der Waals surface area contributed by atoms with E-state index in [1.807, 2.05) is 0 Å². The monoisotopic (exact) mass is 454 g/mol. The van der Waals surface area contributed by atoms with Crippen molar-refractivity contribution in [3.8, 4) is 0 Å². The maximum absolute atomic E-state index is 12.5. The van der Waals surface area contributed by atoms with Crippen LogP contribution in [0.4, 0.5) is 0 Å². The minimum atomic E-state index is -0.941. The first-order valence-electron chi connectivity index (χ1n) is 11.4. The van der Waals surface area contributed by atoms with Crippen molar-refractivity contribution >= 4 is 47.4 Å². The van der Waals surface area contributed by atoms with E-state index in [-0.39, 0.29) is 74.5 Å². The molecule has 0 aliphatic heterocycles. The number of carboxylic acids is 2. The first-order chi connectivity index (χ1) is 14.4. The van der Waals surface area contributed by atoms with Crippen LogP contribution >= 0.6 is 0 Å². The molecule has 0 saturated carbocycles. The van der Waals surface area contributed by atoms with Gasteiger partial charge in [-0.3, -0.25) is 14.4 Å². The van der Waals surface area contributed by atoms with Gasteiger partial charge in [-0.2, -0.15) is 0 Å². The van der Waals surface area contributed by atoms with Gasteiger partial charge in [0, 0.05) is 39.1 Å². The Hall–Kier alpha value is -0.670. The van der Waals surface area contributed by atoms with Crippen LogP contribution in [-0.2, 0) is 14.4 Å². The zero-order chi connectivity index (χ0) is 22.6. The Morgan fingerprint density at radius 3 is 1.58 bits per heavy atom. The van der Waals surface area contributed by atoms with Crippen LogP contribution in [0.25, 0.3) is 0 Å². The van der Waals surface area contributed by atoms with Gasteiger partial charge >= 0.3 is 41.5 Å². The Bertz CT molecular complexity index is 461. The number of aliphatic carboxylic acids is 2. The summed E-state index contributed by atoms with van der Waals surface area (Å²) in [5, 5.41) is 27.0. The molecule has 0 rings (SSSR count). The third-order valence-corrected chi connectivity index (χ3v) is 5.19. The van der Waals surface area contributed by atoms with Crippen molar-refractivity contribution in [3.05, 3.63) is 0 Å². The molecule has 0 aromatic rings. The number of carbonyl (C=O) groups is 3. The standard InChI is InChI=1S/C22H42N2O6.Na.H/c1-2-3-4-5-6-7-8-9-10-11-20(26)24(18-19-25)17-16-23(14-12-21(27)28)15-13-22(29)30;;/h25H,2-19H2,1H3,(H,27,28)(H,29,30);;. The van der Waals surface area contributed by atoms with Crippen molar-refractivity contribution in [1.29, 1.82) is 0 Å². The molecule has 0 aliphatic rings. The summed E-state index contributed by atoms with van der Waals surface area (Å²) in [4.78, 5) is 37.5. The van der Waals surface area contributed by atoms with Gasteiger partial charge in [0.05, 0.1) is 19.4 Å². The molecule has 8 nitrogen and oxygen atoms in total. The predicted molar refractivity (Wildman–Crippen MR) is 124 cm³/mol. The number of hydrogen-bond acceptors (Lipinski definition) is 5. The molecule has 0 aliphatic carbocycles. The van der Waals surface area contributed by atoms with Crippen LogP contribution in [-0.4, -0.2) is 112 Å². The molecule has 0 bridgehead atoms.